The summed E-state index contributed by atoms with van der Waals surface area (Å²) < 4.78 is 0. The minimum atomic E-state index is -1.13. The van der Waals surface area contributed by atoms with E-state index in [4.69, 9.17) is 5.11 Å². The van der Waals surface area contributed by atoms with Crippen LogP contribution in [0.4, 0.5) is 4.79 Å². The van der Waals surface area contributed by atoms with Crippen molar-refractivity contribution < 1.29 is 19.5 Å². The Hall–Kier alpha value is -1.79. The molecule has 0 aliphatic carbocycles. The van der Waals surface area contributed by atoms with Crippen molar-refractivity contribution in [3.8, 4) is 0 Å². The van der Waals surface area contributed by atoms with Crippen molar-refractivity contribution in [1.29, 1.82) is 0 Å². The van der Waals surface area contributed by atoms with Gasteiger partial charge in [-0.15, -0.1) is 0 Å². The second-order valence-electron chi connectivity index (χ2n) is 3.89. The van der Waals surface area contributed by atoms with Gasteiger partial charge in [0.1, 0.15) is 12.6 Å². The molecular weight excluding hydrogens is 214 g/mol. The maximum absolute atomic E-state index is 11.6. The number of aliphatic carboxylic acids is 1. The van der Waals surface area contributed by atoms with Crippen LogP contribution in [0.1, 0.15) is 13.8 Å². The van der Waals surface area contributed by atoms with Crippen molar-refractivity contribution >= 4 is 17.9 Å². The smallest absolute Gasteiger partial charge is 0.328 e. The number of rotatable bonds is 2. The van der Waals surface area contributed by atoms with Crippen molar-refractivity contribution in [2.45, 2.75) is 25.9 Å². The molecule has 3 N–H and O–H groups in total. The topological polar surface area (TPSA) is 98.7 Å². The van der Waals surface area contributed by atoms with Crippen LogP contribution >= 0.6 is 0 Å². The molecule has 0 saturated carbocycles. The zero-order chi connectivity index (χ0) is 12.3. The lowest BCUT2D eigenvalue weighted by molar-refractivity contribution is -0.144. The third kappa shape index (κ3) is 2.85. The molecule has 0 bridgehead atoms. The molecule has 1 fully saturated rings. The van der Waals surface area contributed by atoms with Crippen molar-refractivity contribution in [3.63, 3.8) is 0 Å². The highest BCUT2D eigenvalue weighted by Crippen LogP contribution is 2.05. The van der Waals surface area contributed by atoms with Crippen LogP contribution in [-0.4, -0.2) is 53.1 Å². The lowest BCUT2D eigenvalue weighted by atomic mass is 10.2. The van der Waals surface area contributed by atoms with Gasteiger partial charge in [0.15, 0.2) is 0 Å². The number of amides is 3. The molecular formula is C9H15N3O4. The molecule has 90 valence electrons. The van der Waals surface area contributed by atoms with E-state index in [-0.39, 0.29) is 25.0 Å². The van der Waals surface area contributed by atoms with E-state index in [2.05, 4.69) is 10.6 Å². The van der Waals surface area contributed by atoms with Gasteiger partial charge in [-0.25, -0.2) is 9.59 Å². The maximum Gasteiger partial charge on any atom is 0.328 e. The Kier molecular flexibility index (Phi) is 3.70. The second kappa shape index (κ2) is 4.82. The molecule has 7 nitrogen and oxygen atoms in total. The molecule has 1 atom stereocenters. The van der Waals surface area contributed by atoms with Gasteiger partial charge in [-0.1, -0.05) is 0 Å². The summed E-state index contributed by atoms with van der Waals surface area (Å²) in [6.45, 7) is 3.24. The molecule has 1 heterocycles. The predicted octanol–water partition coefficient (Wildman–Crippen LogP) is -1.01. The molecule has 3 amide bonds. The van der Waals surface area contributed by atoms with Crippen LogP contribution in [0.5, 0.6) is 0 Å². The Morgan fingerprint density at radius 2 is 2.19 bits per heavy atom. The van der Waals surface area contributed by atoms with Crippen molar-refractivity contribution in [1.82, 2.24) is 15.5 Å². The molecule has 0 spiro atoms. The van der Waals surface area contributed by atoms with E-state index >= 15 is 0 Å². The van der Waals surface area contributed by atoms with E-state index in [0.29, 0.717) is 0 Å². The number of hydrogen-bond acceptors (Lipinski definition) is 3. The van der Waals surface area contributed by atoms with Crippen molar-refractivity contribution in [2.75, 3.05) is 13.1 Å². The van der Waals surface area contributed by atoms with Gasteiger partial charge < -0.3 is 15.7 Å². The molecule has 0 aromatic carbocycles. The molecule has 0 aromatic heterocycles. The fourth-order valence-electron chi connectivity index (χ4n) is 1.41. The number of piperazine rings is 1. The standard InChI is InChI=1S/C9H15N3O4/c1-5(2)11-9(16)12-4-7(13)10-3-6(12)8(14)15/h5-6H,3-4H2,1-2H3,(H,10,13)(H,11,16)(H,14,15). The number of hydrogen-bond donors (Lipinski definition) is 3. The second-order valence-corrected chi connectivity index (χ2v) is 3.89. The fraction of sp³-hybridized carbons (Fsp3) is 0.667. The molecule has 1 rings (SSSR count). The maximum atomic E-state index is 11.6. The lowest BCUT2D eigenvalue weighted by Gasteiger charge is -2.33. The van der Waals surface area contributed by atoms with Gasteiger partial charge in [0.05, 0.1) is 0 Å². The summed E-state index contributed by atoms with van der Waals surface area (Å²) in [7, 11) is 0. The van der Waals surface area contributed by atoms with E-state index < -0.39 is 18.0 Å². The Morgan fingerprint density at radius 1 is 1.56 bits per heavy atom. The van der Waals surface area contributed by atoms with Crippen LogP contribution in [0.2, 0.25) is 0 Å². The summed E-state index contributed by atoms with van der Waals surface area (Å²) in [5.74, 6) is -1.48. The normalized spacial score (nSPS) is 20.6. The molecule has 1 aliphatic heterocycles. The largest absolute Gasteiger partial charge is 0.480 e. The Morgan fingerprint density at radius 3 is 2.69 bits per heavy atom. The highest BCUT2D eigenvalue weighted by Gasteiger charge is 2.35. The van der Waals surface area contributed by atoms with E-state index in [1.54, 1.807) is 13.8 Å². The zero-order valence-corrected chi connectivity index (χ0v) is 9.19. The van der Waals surface area contributed by atoms with Crippen LogP contribution in [0, 0.1) is 0 Å². The third-order valence-electron chi connectivity index (χ3n) is 2.14. The molecule has 0 radical (unpaired) electrons. The third-order valence-corrected chi connectivity index (χ3v) is 2.14. The van der Waals surface area contributed by atoms with Gasteiger partial charge in [-0.3, -0.25) is 9.69 Å². The first-order valence-electron chi connectivity index (χ1n) is 4.98. The van der Waals surface area contributed by atoms with Crippen LogP contribution in [0.3, 0.4) is 0 Å². The number of nitrogens with zero attached hydrogens (tertiary/aromatic N) is 1. The average molecular weight is 229 g/mol. The van der Waals surface area contributed by atoms with E-state index in [9.17, 15) is 14.4 Å². The molecule has 16 heavy (non-hydrogen) atoms. The SMILES string of the molecule is CC(C)NC(=O)N1CC(=O)NCC1C(=O)O. The molecule has 1 unspecified atom stereocenters. The van der Waals surface area contributed by atoms with E-state index in [1.807, 2.05) is 0 Å². The summed E-state index contributed by atoms with van der Waals surface area (Å²) in [6.07, 6.45) is 0. The number of nitrogens with one attached hydrogen (secondary N) is 2. The summed E-state index contributed by atoms with van der Waals surface area (Å²) >= 11 is 0. The fourth-order valence-corrected chi connectivity index (χ4v) is 1.41. The van der Waals surface area contributed by atoms with Gasteiger partial charge in [0, 0.05) is 12.6 Å². The first kappa shape index (κ1) is 12.3. The predicted molar refractivity (Wildman–Crippen MR) is 54.8 cm³/mol. The van der Waals surface area contributed by atoms with Gasteiger partial charge in [-0.2, -0.15) is 0 Å². The van der Waals surface area contributed by atoms with E-state index in [0.717, 1.165) is 4.90 Å². The Balaban J connectivity index is 2.74. The minimum absolute atomic E-state index is 0.0559. The molecule has 0 aromatic rings. The molecule has 1 aliphatic rings. The monoisotopic (exact) mass is 229 g/mol. The summed E-state index contributed by atoms with van der Waals surface area (Å²) in [6, 6.07) is -1.64. The lowest BCUT2D eigenvalue weighted by Crippen LogP contribution is -2.61. The summed E-state index contributed by atoms with van der Waals surface area (Å²) in [5.41, 5.74) is 0. The summed E-state index contributed by atoms with van der Waals surface area (Å²) in [5, 5.41) is 13.9. The summed E-state index contributed by atoms with van der Waals surface area (Å²) in [4.78, 5) is 34.7. The number of carbonyl (C=O) groups excluding carboxylic acids is 2. The van der Waals surface area contributed by atoms with Gasteiger partial charge in [0.25, 0.3) is 0 Å². The van der Waals surface area contributed by atoms with Crippen LogP contribution in [0.25, 0.3) is 0 Å². The van der Waals surface area contributed by atoms with Crippen LogP contribution in [-0.2, 0) is 9.59 Å². The zero-order valence-electron chi connectivity index (χ0n) is 9.19. The van der Waals surface area contributed by atoms with Crippen LogP contribution < -0.4 is 10.6 Å². The average Bonchev–Trinajstić information content (AvgIpc) is 2.15. The highest BCUT2D eigenvalue weighted by molar-refractivity contribution is 5.90. The quantitative estimate of drug-likeness (QED) is 0.565. The number of carboxylic acids is 1. The number of urea groups is 1. The van der Waals surface area contributed by atoms with Gasteiger partial charge >= 0.3 is 12.0 Å². The van der Waals surface area contributed by atoms with Gasteiger partial charge in [-0.05, 0) is 13.8 Å². The number of carboxylic acid groups (broad SMARTS) is 1. The first-order chi connectivity index (χ1) is 7.41. The van der Waals surface area contributed by atoms with Crippen molar-refractivity contribution in [2.24, 2.45) is 0 Å². The Bertz CT molecular complexity index is 316. The van der Waals surface area contributed by atoms with Gasteiger partial charge in [0.2, 0.25) is 5.91 Å². The van der Waals surface area contributed by atoms with Crippen molar-refractivity contribution in [3.05, 3.63) is 0 Å². The number of carbonyl (C=O) groups is 3. The highest BCUT2D eigenvalue weighted by atomic mass is 16.4. The van der Waals surface area contributed by atoms with Crippen LogP contribution in [0.15, 0.2) is 0 Å². The van der Waals surface area contributed by atoms with E-state index in [1.165, 1.54) is 0 Å². The first-order valence-corrected chi connectivity index (χ1v) is 4.98. The Labute approximate surface area is 92.8 Å². The minimum Gasteiger partial charge on any atom is -0.480 e. The molecule has 1 saturated heterocycles. The molecule has 7 heteroatoms.